The normalized spacial score (nSPS) is 12.6. The first-order valence-electron chi connectivity index (χ1n) is 5.12. The number of thiazole rings is 1. The van der Waals surface area contributed by atoms with Crippen molar-refractivity contribution in [1.82, 2.24) is 9.55 Å². The highest BCUT2D eigenvalue weighted by molar-refractivity contribution is 7.09. The summed E-state index contributed by atoms with van der Waals surface area (Å²) in [6.07, 6.45) is 1.18. The van der Waals surface area contributed by atoms with Crippen molar-refractivity contribution in [1.29, 1.82) is 0 Å². The summed E-state index contributed by atoms with van der Waals surface area (Å²) in [6, 6.07) is 2.22. The monoisotopic (exact) mass is 253 g/mol. The molecule has 1 unspecified atom stereocenters. The van der Waals surface area contributed by atoms with Gasteiger partial charge < -0.3 is 10.3 Å². The minimum absolute atomic E-state index is 0.135. The minimum atomic E-state index is -0.437. The van der Waals surface area contributed by atoms with E-state index in [0.717, 1.165) is 16.8 Å². The zero-order valence-electron chi connectivity index (χ0n) is 9.26. The van der Waals surface area contributed by atoms with Crippen LogP contribution >= 0.6 is 11.3 Å². The maximum atomic E-state index is 13.0. The first kappa shape index (κ1) is 11.9. The molecule has 0 saturated carbocycles. The summed E-state index contributed by atoms with van der Waals surface area (Å²) in [5.41, 5.74) is 6.23. The Balaban J connectivity index is 2.25. The molecule has 0 aliphatic heterocycles. The molecule has 0 radical (unpaired) electrons. The van der Waals surface area contributed by atoms with Crippen LogP contribution in [-0.2, 0) is 6.54 Å². The van der Waals surface area contributed by atoms with E-state index in [2.05, 4.69) is 4.98 Å². The molecule has 0 fully saturated rings. The van der Waals surface area contributed by atoms with Crippen molar-refractivity contribution in [3.05, 3.63) is 50.6 Å². The van der Waals surface area contributed by atoms with Crippen molar-refractivity contribution in [2.75, 3.05) is 0 Å². The molecule has 2 heterocycles. The van der Waals surface area contributed by atoms with E-state index in [0.29, 0.717) is 0 Å². The van der Waals surface area contributed by atoms with Gasteiger partial charge in [-0.25, -0.2) is 9.37 Å². The van der Waals surface area contributed by atoms with E-state index in [4.69, 9.17) is 5.73 Å². The fraction of sp³-hybridized carbons (Fsp3) is 0.273. The number of rotatable bonds is 3. The van der Waals surface area contributed by atoms with Crippen molar-refractivity contribution in [3.63, 3.8) is 0 Å². The molecule has 1 atom stereocenters. The molecule has 0 aromatic carbocycles. The van der Waals surface area contributed by atoms with Gasteiger partial charge in [0.05, 0.1) is 12.2 Å². The smallest absolute Gasteiger partial charge is 0.251 e. The summed E-state index contributed by atoms with van der Waals surface area (Å²) >= 11 is 1.41. The van der Waals surface area contributed by atoms with Gasteiger partial charge in [-0.1, -0.05) is 0 Å². The molecule has 0 spiro atoms. The zero-order chi connectivity index (χ0) is 12.4. The largest absolute Gasteiger partial charge is 0.323 e. The Hall–Kier alpha value is -1.53. The fourth-order valence-corrected chi connectivity index (χ4v) is 2.27. The van der Waals surface area contributed by atoms with E-state index < -0.39 is 5.82 Å². The fourth-order valence-electron chi connectivity index (χ4n) is 1.38. The van der Waals surface area contributed by atoms with Crippen LogP contribution in [0, 0.1) is 5.82 Å². The van der Waals surface area contributed by atoms with Crippen LogP contribution in [0.5, 0.6) is 0 Å². The third-order valence-corrected chi connectivity index (χ3v) is 3.14. The number of hydrogen-bond donors (Lipinski definition) is 1. The van der Waals surface area contributed by atoms with Crippen molar-refractivity contribution < 1.29 is 4.39 Å². The predicted molar refractivity (Wildman–Crippen MR) is 64.5 cm³/mol. The Kier molecular flexibility index (Phi) is 3.35. The maximum absolute atomic E-state index is 13.0. The van der Waals surface area contributed by atoms with Gasteiger partial charge >= 0.3 is 0 Å². The lowest BCUT2D eigenvalue weighted by atomic mass is 10.3. The second-order valence-electron chi connectivity index (χ2n) is 3.77. The van der Waals surface area contributed by atoms with Crippen LogP contribution in [0.15, 0.2) is 28.5 Å². The van der Waals surface area contributed by atoms with Gasteiger partial charge in [-0.3, -0.25) is 4.79 Å². The molecule has 0 saturated heterocycles. The summed E-state index contributed by atoms with van der Waals surface area (Å²) in [7, 11) is 0. The topological polar surface area (TPSA) is 60.9 Å². The van der Waals surface area contributed by atoms with Gasteiger partial charge in [0.15, 0.2) is 0 Å². The van der Waals surface area contributed by atoms with Crippen LogP contribution in [0.25, 0.3) is 0 Å². The van der Waals surface area contributed by atoms with Gasteiger partial charge in [0.25, 0.3) is 5.56 Å². The number of aromatic nitrogens is 2. The summed E-state index contributed by atoms with van der Waals surface area (Å²) in [6.45, 7) is 2.11. The second kappa shape index (κ2) is 4.77. The molecule has 17 heavy (non-hydrogen) atoms. The van der Waals surface area contributed by atoms with Crippen LogP contribution in [0.2, 0.25) is 0 Å². The Morgan fingerprint density at radius 3 is 3.00 bits per heavy atom. The van der Waals surface area contributed by atoms with E-state index in [1.165, 1.54) is 28.2 Å². The molecule has 0 amide bonds. The third-order valence-electron chi connectivity index (χ3n) is 2.29. The lowest BCUT2D eigenvalue weighted by Gasteiger charge is -2.02. The van der Waals surface area contributed by atoms with Gasteiger partial charge in [-0.05, 0) is 13.0 Å². The average molecular weight is 253 g/mol. The van der Waals surface area contributed by atoms with Crippen molar-refractivity contribution in [2.45, 2.75) is 19.5 Å². The van der Waals surface area contributed by atoms with E-state index in [-0.39, 0.29) is 18.1 Å². The number of nitrogens with two attached hydrogens (primary N) is 1. The molecular formula is C11H12FN3OS. The molecule has 2 rings (SSSR count). The average Bonchev–Trinajstić information content (AvgIpc) is 2.72. The third kappa shape index (κ3) is 2.78. The first-order valence-corrected chi connectivity index (χ1v) is 6.00. The quantitative estimate of drug-likeness (QED) is 0.902. The molecule has 90 valence electrons. The molecule has 2 aromatic rings. The summed E-state index contributed by atoms with van der Waals surface area (Å²) in [5, 5.41) is 2.59. The summed E-state index contributed by atoms with van der Waals surface area (Å²) in [4.78, 5) is 15.8. The van der Waals surface area contributed by atoms with Crippen LogP contribution < -0.4 is 11.3 Å². The number of nitrogens with zero attached hydrogens (tertiary/aromatic N) is 2. The first-order chi connectivity index (χ1) is 8.06. The highest BCUT2D eigenvalue weighted by Gasteiger charge is 2.07. The van der Waals surface area contributed by atoms with Crippen LogP contribution in [-0.4, -0.2) is 9.55 Å². The Bertz CT molecular complexity index is 576. The lowest BCUT2D eigenvalue weighted by molar-refractivity contribution is 0.594. The Morgan fingerprint density at radius 2 is 2.35 bits per heavy atom. The Morgan fingerprint density at radius 1 is 1.59 bits per heavy atom. The highest BCUT2D eigenvalue weighted by Crippen LogP contribution is 2.15. The van der Waals surface area contributed by atoms with Crippen LogP contribution in [0.1, 0.15) is 23.7 Å². The molecule has 0 aliphatic carbocycles. The van der Waals surface area contributed by atoms with E-state index >= 15 is 0 Å². The molecule has 0 aliphatic rings. The molecule has 6 heteroatoms. The minimum Gasteiger partial charge on any atom is -0.323 e. The van der Waals surface area contributed by atoms with Crippen molar-refractivity contribution in [3.8, 4) is 0 Å². The number of hydrogen-bond acceptors (Lipinski definition) is 4. The van der Waals surface area contributed by atoms with Gasteiger partial charge in [-0.15, -0.1) is 11.3 Å². The molecule has 0 bridgehead atoms. The zero-order valence-corrected chi connectivity index (χ0v) is 10.1. The SMILES string of the molecule is CC(N)c1csc(Cn2cc(F)ccc2=O)n1. The van der Waals surface area contributed by atoms with Crippen LogP contribution in [0.4, 0.5) is 4.39 Å². The standard InChI is InChI=1S/C11H12FN3OS/c1-7(13)9-6-17-10(14-9)5-15-4-8(12)2-3-11(15)16/h2-4,6-7H,5,13H2,1H3. The molecular weight excluding hydrogens is 241 g/mol. The Labute approximate surface area is 102 Å². The van der Waals surface area contributed by atoms with E-state index in [1.807, 2.05) is 12.3 Å². The van der Waals surface area contributed by atoms with Crippen molar-refractivity contribution >= 4 is 11.3 Å². The molecule has 2 aromatic heterocycles. The molecule has 2 N–H and O–H groups in total. The summed E-state index contributed by atoms with van der Waals surface area (Å²) < 4.78 is 14.3. The van der Waals surface area contributed by atoms with E-state index in [1.54, 1.807) is 0 Å². The lowest BCUT2D eigenvalue weighted by Crippen LogP contribution is -2.19. The van der Waals surface area contributed by atoms with Gasteiger partial charge in [0.1, 0.15) is 10.8 Å². The maximum Gasteiger partial charge on any atom is 0.251 e. The second-order valence-corrected chi connectivity index (χ2v) is 4.71. The van der Waals surface area contributed by atoms with Gasteiger partial charge in [0, 0.05) is 23.7 Å². The highest BCUT2D eigenvalue weighted by atomic mass is 32.1. The summed E-state index contributed by atoms with van der Waals surface area (Å²) in [5.74, 6) is -0.437. The van der Waals surface area contributed by atoms with Gasteiger partial charge in [-0.2, -0.15) is 0 Å². The van der Waals surface area contributed by atoms with Crippen LogP contribution in [0.3, 0.4) is 0 Å². The number of pyridine rings is 1. The van der Waals surface area contributed by atoms with Crippen molar-refractivity contribution in [2.24, 2.45) is 5.73 Å². The van der Waals surface area contributed by atoms with E-state index in [9.17, 15) is 9.18 Å². The predicted octanol–water partition coefficient (Wildman–Crippen LogP) is 1.51. The molecule has 4 nitrogen and oxygen atoms in total. The number of halogens is 1. The van der Waals surface area contributed by atoms with Gasteiger partial charge in [0.2, 0.25) is 0 Å².